The minimum absolute atomic E-state index is 0.174. The molecule has 26 heavy (non-hydrogen) atoms. The Labute approximate surface area is 148 Å². The smallest absolute Gasteiger partial charge is 0.254 e. The summed E-state index contributed by atoms with van der Waals surface area (Å²) >= 11 is 0. The van der Waals surface area contributed by atoms with Gasteiger partial charge in [-0.05, 0) is 30.3 Å². The molecule has 2 aromatic carbocycles. The molecule has 4 N–H and O–H groups in total. The first-order chi connectivity index (χ1) is 12.6. The maximum Gasteiger partial charge on any atom is 0.254 e. The molecule has 0 saturated heterocycles. The molecule has 4 rings (SSSR count). The predicted molar refractivity (Wildman–Crippen MR) is 95.7 cm³/mol. The van der Waals surface area contributed by atoms with Gasteiger partial charge in [-0.3, -0.25) is 14.4 Å². The minimum Gasteiger partial charge on any atom is -0.345 e. The van der Waals surface area contributed by atoms with Crippen LogP contribution < -0.4 is 16.0 Å². The van der Waals surface area contributed by atoms with Crippen molar-refractivity contribution in [3.63, 3.8) is 0 Å². The number of fused-ring (bicyclic) bond motifs is 2. The SMILES string of the molecule is O=C(C[C@H]1NC(=O)c2ccccc2NC1=O)Nc1ccc2nc[nH]c2c1. The summed E-state index contributed by atoms with van der Waals surface area (Å²) in [5.74, 6) is -1.20. The number of benzene rings is 2. The zero-order valence-corrected chi connectivity index (χ0v) is 13.6. The molecule has 1 atom stereocenters. The fourth-order valence-electron chi connectivity index (χ4n) is 2.87. The summed E-state index contributed by atoms with van der Waals surface area (Å²) in [5.41, 5.74) is 2.96. The van der Waals surface area contributed by atoms with Gasteiger partial charge in [-0.25, -0.2) is 4.98 Å². The Kier molecular flexibility index (Phi) is 3.85. The lowest BCUT2D eigenvalue weighted by Crippen LogP contribution is -2.43. The average molecular weight is 349 g/mol. The fraction of sp³-hybridized carbons (Fsp3) is 0.111. The highest BCUT2D eigenvalue weighted by Crippen LogP contribution is 2.20. The Morgan fingerprint density at radius 2 is 2.00 bits per heavy atom. The van der Waals surface area contributed by atoms with Crippen molar-refractivity contribution >= 4 is 40.1 Å². The molecule has 0 bridgehead atoms. The number of aromatic nitrogens is 2. The van der Waals surface area contributed by atoms with Crippen molar-refractivity contribution in [2.75, 3.05) is 10.6 Å². The number of nitrogens with one attached hydrogen (secondary N) is 4. The van der Waals surface area contributed by atoms with E-state index in [4.69, 9.17) is 0 Å². The highest BCUT2D eigenvalue weighted by Gasteiger charge is 2.29. The van der Waals surface area contributed by atoms with Crippen molar-refractivity contribution in [3.8, 4) is 0 Å². The van der Waals surface area contributed by atoms with Gasteiger partial charge >= 0.3 is 0 Å². The van der Waals surface area contributed by atoms with Crippen LogP contribution in [0.2, 0.25) is 0 Å². The van der Waals surface area contributed by atoms with Crippen molar-refractivity contribution in [3.05, 3.63) is 54.4 Å². The Hall–Kier alpha value is -3.68. The number of aromatic amines is 1. The van der Waals surface area contributed by atoms with Crippen molar-refractivity contribution < 1.29 is 14.4 Å². The molecular weight excluding hydrogens is 334 g/mol. The van der Waals surface area contributed by atoms with Crippen LogP contribution in [0.1, 0.15) is 16.8 Å². The third-order valence-corrected chi connectivity index (χ3v) is 4.14. The van der Waals surface area contributed by atoms with Gasteiger partial charge in [0.1, 0.15) is 6.04 Å². The number of anilines is 2. The van der Waals surface area contributed by atoms with E-state index in [-0.39, 0.29) is 12.3 Å². The van der Waals surface area contributed by atoms with Crippen LogP contribution in [0.15, 0.2) is 48.8 Å². The topological polar surface area (TPSA) is 116 Å². The average Bonchev–Trinajstić information content (AvgIpc) is 3.04. The molecule has 1 aliphatic rings. The van der Waals surface area contributed by atoms with Gasteiger partial charge in [0, 0.05) is 5.69 Å². The second-order valence-electron chi connectivity index (χ2n) is 5.95. The van der Waals surface area contributed by atoms with Crippen LogP contribution in [0.5, 0.6) is 0 Å². The Morgan fingerprint density at radius 1 is 1.15 bits per heavy atom. The second kappa shape index (κ2) is 6.32. The Bertz CT molecular complexity index is 1030. The number of H-pyrrole nitrogens is 1. The normalized spacial score (nSPS) is 16.4. The molecule has 1 aromatic heterocycles. The highest BCUT2D eigenvalue weighted by molar-refractivity contribution is 6.11. The van der Waals surface area contributed by atoms with E-state index in [1.54, 1.807) is 48.8 Å². The lowest BCUT2D eigenvalue weighted by atomic mass is 10.1. The van der Waals surface area contributed by atoms with Crippen LogP contribution >= 0.6 is 0 Å². The summed E-state index contributed by atoms with van der Waals surface area (Å²) in [6.45, 7) is 0. The predicted octanol–water partition coefficient (Wildman–Crippen LogP) is 1.64. The van der Waals surface area contributed by atoms with Gasteiger partial charge in [0.25, 0.3) is 5.91 Å². The first kappa shape index (κ1) is 15.8. The summed E-state index contributed by atoms with van der Waals surface area (Å²) in [5, 5.41) is 8.01. The number of hydrogen-bond donors (Lipinski definition) is 4. The lowest BCUT2D eigenvalue weighted by Gasteiger charge is -2.14. The van der Waals surface area contributed by atoms with E-state index in [1.807, 2.05) is 0 Å². The highest BCUT2D eigenvalue weighted by atomic mass is 16.2. The van der Waals surface area contributed by atoms with Gasteiger partial charge in [0.15, 0.2) is 0 Å². The van der Waals surface area contributed by atoms with E-state index >= 15 is 0 Å². The van der Waals surface area contributed by atoms with Crippen molar-refractivity contribution in [2.45, 2.75) is 12.5 Å². The van der Waals surface area contributed by atoms with E-state index in [9.17, 15) is 14.4 Å². The molecule has 8 nitrogen and oxygen atoms in total. The first-order valence-electron chi connectivity index (χ1n) is 8.04. The minimum atomic E-state index is -0.953. The van der Waals surface area contributed by atoms with E-state index in [0.717, 1.165) is 11.0 Å². The van der Waals surface area contributed by atoms with Crippen molar-refractivity contribution in [2.24, 2.45) is 0 Å². The summed E-state index contributed by atoms with van der Waals surface area (Å²) in [7, 11) is 0. The molecule has 130 valence electrons. The summed E-state index contributed by atoms with van der Waals surface area (Å²) in [6, 6.07) is 11.0. The largest absolute Gasteiger partial charge is 0.345 e. The molecule has 3 aromatic rings. The van der Waals surface area contributed by atoms with E-state index in [1.165, 1.54) is 0 Å². The van der Waals surface area contributed by atoms with Crippen LogP contribution in [-0.4, -0.2) is 33.7 Å². The number of rotatable bonds is 3. The maximum absolute atomic E-state index is 12.3. The molecule has 1 aliphatic heterocycles. The number of amides is 3. The molecule has 0 spiro atoms. The molecule has 0 radical (unpaired) electrons. The zero-order valence-electron chi connectivity index (χ0n) is 13.6. The Balaban J connectivity index is 1.47. The second-order valence-corrected chi connectivity index (χ2v) is 5.95. The van der Waals surface area contributed by atoms with E-state index in [2.05, 4.69) is 25.9 Å². The summed E-state index contributed by atoms with van der Waals surface area (Å²) < 4.78 is 0. The van der Waals surface area contributed by atoms with Crippen LogP contribution in [0.4, 0.5) is 11.4 Å². The Morgan fingerprint density at radius 3 is 2.88 bits per heavy atom. The van der Waals surface area contributed by atoms with Crippen LogP contribution in [0, 0.1) is 0 Å². The quantitative estimate of drug-likeness (QED) is 0.575. The molecular formula is C18H15N5O3. The number of nitrogens with zero attached hydrogens (tertiary/aromatic N) is 1. The molecule has 0 fully saturated rings. The number of imidazole rings is 1. The third kappa shape index (κ3) is 3.00. The lowest BCUT2D eigenvalue weighted by molar-refractivity contribution is -0.122. The van der Waals surface area contributed by atoms with Gasteiger partial charge in [-0.15, -0.1) is 0 Å². The number of para-hydroxylation sites is 1. The van der Waals surface area contributed by atoms with Gasteiger partial charge in [-0.2, -0.15) is 0 Å². The molecule has 3 amide bonds. The molecule has 0 unspecified atom stereocenters. The van der Waals surface area contributed by atoms with Gasteiger partial charge in [-0.1, -0.05) is 12.1 Å². The molecule has 0 saturated carbocycles. The third-order valence-electron chi connectivity index (χ3n) is 4.14. The maximum atomic E-state index is 12.3. The fourth-order valence-corrected chi connectivity index (χ4v) is 2.87. The van der Waals surface area contributed by atoms with Crippen LogP contribution in [0.25, 0.3) is 11.0 Å². The van der Waals surface area contributed by atoms with E-state index < -0.39 is 17.9 Å². The van der Waals surface area contributed by atoms with Crippen LogP contribution in [0.3, 0.4) is 0 Å². The standard InChI is InChI=1S/C18H15N5O3/c24-16(21-10-5-6-13-14(7-10)20-9-19-13)8-15-18(26)22-12-4-2-1-3-11(12)17(25)23-15/h1-7,9,15H,8H2,(H,19,20)(H,21,24)(H,22,26)(H,23,25)/t15-/m1/s1. The van der Waals surface area contributed by atoms with Gasteiger partial charge in [0.05, 0.1) is 35.0 Å². The number of carbonyl (C=O) groups excluding carboxylic acids is 3. The monoisotopic (exact) mass is 349 g/mol. The first-order valence-corrected chi connectivity index (χ1v) is 8.04. The zero-order chi connectivity index (χ0) is 18.1. The number of carbonyl (C=O) groups is 3. The molecule has 8 heteroatoms. The van der Waals surface area contributed by atoms with Gasteiger partial charge in [0.2, 0.25) is 11.8 Å². The van der Waals surface area contributed by atoms with Crippen LogP contribution in [-0.2, 0) is 9.59 Å². The van der Waals surface area contributed by atoms with Crippen molar-refractivity contribution in [1.29, 1.82) is 0 Å². The summed E-state index contributed by atoms with van der Waals surface area (Å²) in [4.78, 5) is 44.0. The molecule has 0 aliphatic carbocycles. The molecule has 2 heterocycles. The van der Waals surface area contributed by atoms with Crippen molar-refractivity contribution in [1.82, 2.24) is 15.3 Å². The van der Waals surface area contributed by atoms with Gasteiger partial charge < -0.3 is 20.9 Å². The summed E-state index contributed by atoms with van der Waals surface area (Å²) in [6.07, 6.45) is 1.39. The number of hydrogen-bond acceptors (Lipinski definition) is 4. The van der Waals surface area contributed by atoms with E-state index in [0.29, 0.717) is 16.9 Å².